The van der Waals surface area contributed by atoms with Crippen LogP contribution in [0.4, 0.5) is 0 Å². The third kappa shape index (κ3) is 72.1. The topological polar surface area (TPSA) is 134 Å². The number of phosphoric acid groups is 1. The van der Waals surface area contributed by atoms with Crippen molar-refractivity contribution in [1.29, 1.82) is 0 Å². The Balaban J connectivity index is 3.73. The summed E-state index contributed by atoms with van der Waals surface area (Å²) in [4.78, 5) is 35.4. The summed E-state index contributed by atoms with van der Waals surface area (Å²) < 4.78 is 33.3. The highest BCUT2D eigenvalue weighted by Crippen LogP contribution is 2.43. The standard InChI is InChI=1S/C76H152NO8P/c1-3-5-7-9-11-13-15-17-19-21-23-25-27-29-31-33-34-35-36-37-38-39-41-43-45-47-49-51-53-55-57-59-61-63-65-67-69-76(79)85-74(73-84-86(80,81)83-71-70-77)72-82-75(78)68-66-64-62-60-58-56-54-52-50-48-46-44-42-40-32-30-28-26-24-22-20-18-16-14-12-10-8-6-4-2/h74H,3-73,77H2,1-2H3,(H,80,81). The largest absolute Gasteiger partial charge is 0.472 e. The van der Waals surface area contributed by atoms with E-state index in [1.54, 1.807) is 0 Å². The fourth-order valence-corrected chi connectivity index (χ4v) is 13.2. The molecule has 0 amide bonds. The van der Waals surface area contributed by atoms with E-state index in [9.17, 15) is 19.0 Å². The molecule has 0 aliphatic carbocycles. The summed E-state index contributed by atoms with van der Waals surface area (Å²) in [7, 11) is -4.39. The van der Waals surface area contributed by atoms with Crippen molar-refractivity contribution in [3.05, 3.63) is 0 Å². The number of phosphoric ester groups is 1. The Labute approximate surface area is 537 Å². The van der Waals surface area contributed by atoms with E-state index in [0.717, 1.165) is 32.1 Å². The maximum absolute atomic E-state index is 12.8. The van der Waals surface area contributed by atoms with Crippen molar-refractivity contribution >= 4 is 19.8 Å². The SMILES string of the molecule is CCCCCCCCCCCCCCCCCCCCCCCCCCCCCCCCCCCCCCC(=O)OC(COC(=O)CCCCCCCCCCCCCCCCCCCCCCCCCCCCCCC)COP(=O)(O)OCCN. The molecule has 0 saturated carbocycles. The van der Waals surface area contributed by atoms with Gasteiger partial charge in [-0.1, -0.05) is 418 Å². The Hall–Kier alpha value is -0.990. The third-order valence-corrected chi connectivity index (χ3v) is 19.2. The van der Waals surface area contributed by atoms with Crippen molar-refractivity contribution in [2.45, 2.75) is 450 Å². The van der Waals surface area contributed by atoms with Crippen LogP contribution in [0.1, 0.15) is 444 Å². The molecule has 0 aromatic heterocycles. The van der Waals surface area contributed by atoms with E-state index in [2.05, 4.69) is 13.8 Å². The Morgan fingerprint density at radius 3 is 0.709 bits per heavy atom. The number of rotatable bonds is 76. The van der Waals surface area contributed by atoms with Gasteiger partial charge in [0.05, 0.1) is 13.2 Å². The van der Waals surface area contributed by atoms with Crippen molar-refractivity contribution < 1.29 is 37.6 Å². The smallest absolute Gasteiger partial charge is 0.462 e. The first kappa shape index (κ1) is 85.0. The number of nitrogens with two attached hydrogens (primary N) is 1. The summed E-state index contributed by atoms with van der Waals surface area (Å²) in [5.74, 6) is -0.795. The molecule has 0 aromatic carbocycles. The maximum Gasteiger partial charge on any atom is 0.472 e. The highest BCUT2D eigenvalue weighted by molar-refractivity contribution is 7.47. The van der Waals surface area contributed by atoms with Crippen LogP contribution < -0.4 is 5.73 Å². The van der Waals surface area contributed by atoms with Crippen LogP contribution in [0.15, 0.2) is 0 Å². The lowest BCUT2D eigenvalue weighted by atomic mass is 10.0. The number of hydrogen-bond acceptors (Lipinski definition) is 8. The van der Waals surface area contributed by atoms with Crippen LogP contribution in [-0.2, 0) is 32.7 Å². The minimum absolute atomic E-state index is 0.0589. The van der Waals surface area contributed by atoms with Gasteiger partial charge in [0.25, 0.3) is 0 Å². The fourth-order valence-electron chi connectivity index (χ4n) is 12.5. The zero-order chi connectivity index (χ0) is 62.3. The second kappa shape index (κ2) is 73.1. The minimum atomic E-state index is -4.39. The molecule has 0 rings (SSSR count). The lowest BCUT2D eigenvalue weighted by Gasteiger charge is -2.19. The van der Waals surface area contributed by atoms with E-state index in [1.165, 1.54) is 379 Å². The van der Waals surface area contributed by atoms with Crippen LogP contribution in [0, 0.1) is 0 Å². The molecule has 0 fully saturated rings. The summed E-state index contributed by atoms with van der Waals surface area (Å²) >= 11 is 0. The van der Waals surface area contributed by atoms with Crippen molar-refractivity contribution in [3.8, 4) is 0 Å². The van der Waals surface area contributed by atoms with Crippen LogP contribution >= 0.6 is 7.82 Å². The van der Waals surface area contributed by atoms with E-state index in [1.807, 2.05) is 0 Å². The van der Waals surface area contributed by atoms with Gasteiger partial charge in [-0.25, -0.2) is 4.57 Å². The molecule has 0 aliphatic heterocycles. The van der Waals surface area contributed by atoms with Gasteiger partial charge in [0.2, 0.25) is 0 Å². The minimum Gasteiger partial charge on any atom is -0.462 e. The van der Waals surface area contributed by atoms with Crippen molar-refractivity contribution in [2.75, 3.05) is 26.4 Å². The molecule has 9 nitrogen and oxygen atoms in total. The number of carbonyl (C=O) groups excluding carboxylic acids is 2. The Kier molecular flexibility index (Phi) is 72.2. The highest BCUT2D eigenvalue weighted by Gasteiger charge is 2.26. The number of esters is 2. The second-order valence-electron chi connectivity index (χ2n) is 27.0. The summed E-state index contributed by atoms with van der Waals surface area (Å²) in [6.45, 7) is 3.86. The molecular formula is C76H152NO8P. The monoisotopic (exact) mass is 1240 g/mol. The number of ether oxygens (including phenoxy) is 2. The first-order chi connectivity index (χ1) is 42.3. The van der Waals surface area contributed by atoms with Gasteiger partial charge in [0, 0.05) is 19.4 Å². The summed E-state index contributed by atoms with van der Waals surface area (Å²) in [5.41, 5.74) is 5.41. The molecule has 2 atom stereocenters. The van der Waals surface area contributed by atoms with Crippen LogP contribution in [-0.4, -0.2) is 49.3 Å². The van der Waals surface area contributed by atoms with Crippen LogP contribution in [0.3, 0.4) is 0 Å². The van der Waals surface area contributed by atoms with Crippen molar-refractivity contribution in [1.82, 2.24) is 0 Å². The molecule has 0 spiro atoms. The van der Waals surface area contributed by atoms with Gasteiger partial charge in [0.15, 0.2) is 6.10 Å². The predicted molar refractivity (Wildman–Crippen MR) is 372 cm³/mol. The zero-order valence-electron chi connectivity index (χ0n) is 58.1. The quantitative estimate of drug-likeness (QED) is 0.0347. The van der Waals surface area contributed by atoms with E-state index in [4.69, 9.17) is 24.3 Å². The molecule has 0 bridgehead atoms. The molecule has 3 N–H and O–H groups in total. The maximum atomic E-state index is 12.8. The molecular weight excluding hydrogens is 1090 g/mol. The number of hydrogen-bond donors (Lipinski definition) is 2. The third-order valence-electron chi connectivity index (χ3n) is 18.2. The average Bonchev–Trinajstić information content (AvgIpc) is 3.58. The van der Waals surface area contributed by atoms with Gasteiger partial charge in [-0.05, 0) is 12.8 Å². The van der Waals surface area contributed by atoms with Gasteiger partial charge in [-0.3, -0.25) is 18.6 Å². The number of unbranched alkanes of at least 4 members (excludes halogenated alkanes) is 63. The van der Waals surface area contributed by atoms with Gasteiger partial charge in [0.1, 0.15) is 6.61 Å². The summed E-state index contributed by atoms with van der Waals surface area (Å²) in [5, 5.41) is 0. The number of carbonyl (C=O) groups is 2. The Morgan fingerprint density at radius 1 is 0.302 bits per heavy atom. The molecule has 86 heavy (non-hydrogen) atoms. The molecule has 514 valence electrons. The lowest BCUT2D eigenvalue weighted by molar-refractivity contribution is -0.161. The first-order valence-corrected chi connectivity index (χ1v) is 40.5. The van der Waals surface area contributed by atoms with Gasteiger partial charge in [-0.15, -0.1) is 0 Å². The average molecular weight is 1240 g/mol. The molecule has 0 heterocycles. The molecule has 10 heteroatoms. The van der Waals surface area contributed by atoms with E-state index < -0.39 is 26.5 Å². The van der Waals surface area contributed by atoms with Crippen LogP contribution in [0.2, 0.25) is 0 Å². The molecule has 0 aromatic rings. The molecule has 0 radical (unpaired) electrons. The fraction of sp³-hybridized carbons (Fsp3) is 0.974. The first-order valence-electron chi connectivity index (χ1n) is 39.0. The van der Waals surface area contributed by atoms with Crippen molar-refractivity contribution in [2.24, 2.45) is 5.73 Å². The highest BCUT2D eigenvalue weighted by atomic mass is 31.2. The molecule has 2 unspecified atom stereocenters. The van der Waals surface area contributed by atoms with Gasteiger partial charge < -0.3 is 20.1 Å². The Morgan fingerprint density at radius 2 is 0.500 bits per heavy atom. The normalized spacial score (nSPS) is 12.7. The summed E-state index contributed by atoms with van der Waals surface area (Å²) in [6.07, 6.45) is 88.2. The van der Waals surface area contributed by atoms with E-state index >= 15 is 0 Å². The van der Waals surface area contributed by atoms with E-state index in [-0.39, 0.29) is 32.1 Å². The predicted octanol–water partition coefficient (Wildman–Crippen LogP) is 25.7. The van der Waals surface area contributed by atoms with E-state index in [0.29, 0.717) is 12.8 Å². The van der Waals surface area contributed by atoms with Crippen LogP contribution in [0.5, 0.6) is 0 Å². The van der Waals surface area contributed by atoms with Crippen LogP contribution in [0.25, 0.3) is 0 Å². The second-order valence-corrected chi connectivity index (χ2v) is 28.4. The van der Waals surface area contributed by atoms with Crippen molar-refractivity contribution in [3.63, 3.8) is 0 Å². The Bertz CT molecular complexity index is 1370. The van der Waals surface area contributed by atoms with Gasteiger partial charge >= 0.3 is 19.8 Å². The molecule has 0 aliphatic rings. The summed E-state index contributed by atoms with van der Waals surface area (Å²) in [6, 6.07) is 0. The van der Waals surface area contributed by atoms with Gasteiger partial charge in [-0.2, -0.15) is 0 Å². The lowest BCUT2D eigenvalue weighted by Crippen LogP contribution is -2.29. The molecule has 0 saturated heterocycles. The zero-order valence-corrected chi connectivity index (χ0v) is 59.0.